The number of nitrogens with two attached hydrogens (primary N) is 1. The molecule has 0 saturated heterocycles. The van der Waals surface area contributed by atoms with Crippen molar-refractivity contribution in [1.29, 1.82) is 0 Å². The average Bonchev–Trinajstić information content (AvgIpc) is 2.70. The summed E-state index contributed by atoms with van der Waals surface area (Å²) in [5.41, 5.74) is 8.04. The van der Waals surface area contributed by atoms with Gasteiger partial charge >= 0.3 is 0 Å². The SMILES string of the molecule is Nc1cccc2c(NC3C=CS(=O)(=O)C3)ccnc12. The van der Waals surface area contributed by atoms with Gasteiger partial charge in [0.05, 0.1) is 23.0 Å². The van der Waals surface area contributed by atoms with Crippen LogP contribution in [0.3, 0.4) is 0 Å². The molecule has 1 atom stereocenters. The van der Waals surface area contributed by atoms with E-state index in [0.29, 0.717) is 5.69 Å². The first kappa shape index (κ1) is 12.0. The summed E-state index contributed by atoms with van der Waals surface area (Å²) in [6, 6.07) is 7.16. The maximum Gasteiger partial charge on any atom is 0.173 e. The highest BCUT2D eigenvalue weighted by Crippen LogP contribution is 2.26. The standard InChI is InChI=1S/C13H13N3O2S/c14-11-3-1-2-10-12(4-6-15-13(10)11)16-9-5-7-19(17,18)8-9/h1-7,9H,8,14H2,(H,15,16). The lowest BCUT2D eigenvalue weighted by atomic mass is 10.1. The molecule has 3 N–H and O–H groups in total. The fourth-order valence-corrected chi connectivity index (χ4v) is 3.43. The molecule has 0 amide bonds. The molecule has 5 nitrogen and oxygen atoms in total. The molecule has 2 heterocycles. The molecule has 6 heteroatoms. The molecule has 2 aromatic rings. The Kier molecular flexibility index (Phi) is 2.67. The van der Waals surface area contributed by atoms with Crippen molar-refractivity contribution in [3.63, 3.8) is 0 Å². The van der Waals surface area contributed by atoms with E-state index >= 15 is 0 Å². The largest absolute Gasteiger partial charge is 0.397 e. The number of nitrogens with zero attached hydrogens (tertiary/aromatic N) is 1. The molecule has 0 spiro atoms. The zero-order valence-corrected chi connectivity index (χ0v) is 10.9. The molecular weight excluding hydrogens is 262 g/mol. The molecule has 1 unspecified atom stereocenters. The van der Waals surface area contributed by atoms with Crippen molar-refractivity contribution in [2.24, 2.45) is 0 Å². The topological polar surface area (TPSA) is 85.1 Å². The predicted molar refractivity (Wildman–Crippen MR) is 76.5 cm³/mol. The Labute approximate surface area is 111 Å². The average molecular weight is 275 g/mol. The molecule has 19 heavy (non-hydrogen) atoms. The highest BCUT2D eigenvalue weighted by atomic mass is 32.2. The predicted octanol–water partition coefficient (Wildman–Crippen LogP) is 1.54. The first-order valence-corrected chi connectivity index (χ1v) is 7.57. The van der Waals surface area contributed by atoms with E-state index in [-0.39, 0.29) is 11.8 Å². The summed E-state index contributed by atoms with van der Waals surface area (Å²) in [4.78, 5) is 4.24. The second-order valence-electron chi connectivity index (χ2n) is 4.51. The van der Waals surface area contributed by atoms with Crippen LogP contribution in [-0.4, -0.2) is 25.2 Å². The van der Waals surface area contributed by atoms with Gasteiger partial charge in [0, 0.05) is 22.7 Å². The smallest absolute Gasteiger partial charge is 0.173 e. The number of hydrogen-bond donors (Lipinski definition) is 2. The van der Waals surface area contributed by atoms with Gasteiger partial charge in [-0.15, -0.1) is 0 Å². The first-order chi connectivity index (χ1) is 9.05. The van der Waals surface area contributed by atoms with E-state index < -0.39 is 9.84 Å². The summed E-state index contributed by atoms with van der Waals surface area (Å²) >= 11 is 0. The molecule has 0 saturated carbocycles. The third kappa shape index (κ3) is 2.26. The van der Waals surface area contributed by atoms with Crippen LogP contribution in [0.15, 0.2) is 41.9 Å². The van der Waals surface area contributed by atoms with Crippen molar-refractivity contribution in [2.75, 3.05) is 16.8 Å². The van der Waals surface area contributed by atoms with Crippen molar-refractivity contribution in [3.05, 3.63) is 41.9 Å². The number of benzene rings is 1. The summed E-state index contributed by atoms with van der Waals surface area (Å²) < 4.78 is 22.8. The Morgan fingerprint density at radius 1 is 1.32 bits per heavy atom. The highest BCUT2D eigenvalue weighted by molar-refractivity contribution is 7.94. The Hall–Kier alpha value is -2.08. The number of rotatable bonds is 2. The van der Waals surface area contributed by atoms with Crippen LogP contribution in [-0.2, 0) is 9.84 Å². The van der Waals surface area contributed by atoms with Crippen LogP contribution < -0.4 is 11.1 Å². The van der Waals surface area contributed by atoms with Crippen LogP contribution in [0.25, 0.3) is 10.9 Å². The minimum atomic E-state index is -3.06. The van der Waals surface area contributed by atoms with E-state index in [2.05, 4.69) is 10.3 Å². The van der Waals surface area contributed by atoms with E-state index in [9.17, 15) is 8.42 Å². The minimum Gasteiger partial charge on any atom is -0.397 e. The van der Waals surface area contributed by atoms with Crippen LogP contribution in [0, 0.1) is 0 Å². The number of anilines is 2. The molecule has 1 aliphatic rings. The number of nitrogen functional groups attached to an aromatic ring is 1. The fraction of sp³-hybridized carbons (Fsp3) is 0.154. The summed E-state index contributed by atoms with van der Waals surface area (Å²) in [5.74, 6) is 0.0825. The van der Waals surface area contributed by atoms with Crippen molar-refractivity contribution in [3.8, 4) is 0 Å². The van der Waals surface area contributed by atoms with Gasteiger partial charge in [0.1, 0.15) is 0 Å². The Morgan fingerprint density at radius 3 is 2.89 bits per heavy atom. The van der Waals surface area contributed by atoms with Gasteiger partial charge in [-0.3, -0.25) is 4.98 Å². The normalized spacial score (nSPS) is 20.7. The molecule has 0 bridgehead atoms. The van der Waals surface area contributed by atoms with E-state index in [4.69, 9.17) is 5.73 Å². The zero-order chi connectivity index (χ0) is 13.5. The van der Waals surface area contributed by atoms with Gasteiger partial charge in [-0.2, -0.15) is 0 Å². The molecule has 3 rings (SSSR count). The van der Waals surface area contributed by atoms with Crippen LogP contribution in [0.1, 0.15) is 0 Å². The van der Waals surface area contributed by atoms with Crippen molar-refractivity contribution < 1.29 is 8.42 Å². The maximum absolute atomic E-state index is 11.4. The monoisotopic (exact) mass is 275 g/mol. The Balaban J connectivity index is 1.98. The Bertz CT molecular complexity index is 769. The second-order valence-corrected chi connectivity index (χ2v) is 6.44. The van der Waals surface area contributed by atoms with Gasteiger partial charge in [0.25, 0.3) is 0 Å². The lowest BCUT2D eigenvalue weighted by molar-refractivity contribution is 0.605. The number of sulfone groups is 1. The molecular formula is C13H13N3O2S. The third-order valence-electron chi connectivity index (χ3n) is 3.07. The maximum atomic E-state index is 11.4. The summed E-state index contributed by atoms with van der Waals surface area (Å²) in [6.07, 6.45) is 3.32. The number of pyridine rings is 1. The van der Waals surface area contributed by atoms with Gasteiger partial charge in [0.2, 0.25) is 0 Å². The number of nitrogens with one attached hydrogen (secondary N) is 1. The van der Waals surface area contributed by atoms with Crippen LogP contribution in [0.5, 0.6) is 0 Å². The summed E-state index contributed by atoms with van der Waals surface area (Å²) in [7, 11) is -3.06. The number of para-hydroxylation sites is 1. The summed E-state index contributed by atoms with van der Waals surface area (Å²) in [6.45, 7) is 0. The molecule has 1 aromatic carbocycles. The number of hydrogen-bond acceptors (Lipinski definition) is 5. The van der Waals surface area contributed by atoms with E-state index in [1.165, 1.54) is 5.41 Å². The quantitative estimate of drug-likeness (QED) is 0.812. The molecule has 0 fully saturated rings. The zero-order valence-electron chi connectivity index (χ0n) is 10.1. The second kappa shape index (κ2) is 4.24. The van der Waals surface area contributed by atoms with Crippen LogP contribution in [0.2, 0.25) is 0 Å². The fourth-order valence-electron chi connectivity index (χ4n) is 2.19. The molecule has 1 aromatic heterocycles. The first-order valence-electron chi connectivity index (χ1n) is 5.86. The van der Waals surface area contributed by atoms with E-state index in [1.54, 1.807) is 18.3 Å². The molecule has 98 valence electrons. The van der Waals surface area contributed by atoms with Crippen molar-refractivity contribution >= 4 is 32.1 Å². The van der Waals surface area contributed by atoms with Gasteiger partial charge in [0.15, 0.2) is 9.84 Å². The van der Waals surface area contributed by atoms with Gasteiger partial charge < -0.3 is 11.1 Å². The third-order valence-corrected chi connectivity index (χ3v) is 4.47. The highest BCUT2D eigenvalue weighted by Gasteiger charge is 2.21. The Morgan fingerprint density at radius 2 is 2.16 bits per heavy atom. The number of fused-ring (bicyclic) bond motifs is 1. The van der Waals surface area contributed by atoms with E-state index in [0.717, 1.165) is 16.6 Å². The van der Waals surface area contributed by atoms with Gasteiger partial charge in [-0.1, -0.05) is 18.2 Å². The van der Waals surface area contributed by atoms with Crippen LogP contribution in [0.4, 0.5) is 11.4 Å². The van der Waals surface area contributed by atoms with E-state index in [1.807, 2.05) is 18.2 Å². The summed E-state index contributed by atoms with van der Waals surface area (Å²) in [5, 5.41) is 5.35. The minimum absolute atomic E-state index is 0.0825. The van der Waals surface area contributed by atoms with Crippen molar-refractivity contribution in [1.82, 2.24) is 4.98 Å². The molecule has 1 aliphatic heterocycles. The van der Waals surface area contributed by atoms with Crippen molar-refractivity contribution in [2.45, 2.75) is 6.04 Å². The molecule has 0 aliphatic carbocycles. The van der Waals surface area contributed by atoms with Crippen LogP contribution >= 0.6 is 0 Å². The molecule has 0 radical (unpaired) electrons. The van der Waals surface area contributed by atoms with Gasteiger partial charge in [-0.05, 0) is 12.1 Å². The lowest BCUT2D eigenvalue weighted by Gasteiger charge is -2.14. The number of aromatic nitrogens is 1. The lowest BCUT2D eigenvalue weighted by Crippen LogP contribution is -2.21. The van der Waals surface area contributed by atoms with Gasteiger partial charge in [-0.25, -0.2) is 8.42 Å².